The number of imidazole rings is 1. The number of carbonyl (C=O) groups is 1. The fourth-order valence-electron chi connectivity index (χ4n) is 4.44. The summed E-state index contributed by atoms with van der Waals surface area (Å²) in [7, 11) is 4.88. The standard InChI is InChI=1S/C28H31N3O4/c1-19-8-7-11-27-30-18-23(31(19)27)22(21-9-5-6-10-24(21)33-2)17-28(32)29-15-14-20-12-13-25(34-3)26(16-20)35-4/h5-13,16,18,22H,14-15,17H2,1-4H3,(H,29,32). The van der Waals surface area contributed by atoms with Gasteiger partial charge in [-0.15, -0.1) is 0 Å². The number of methoxy groups -OCH3 is 3. The number of nitrogens with one attached hydrogen (secondary N) is 1. The van der Waals surface area contributed by atoms with Crippen LogP contribution in [0.4, 0.5) is 0 Å². The van der Waals surface area contributed by atoms with E-state index in [1.54, 1.807) is 21.3 Å². The molecule has 4 aromatic rings. The van der Waals surface area contributed by atoms with Gasteiger partial charge in [-0.05, 0) is 49.2 Å². The van der Waals surface area contributed by atoms with E-state index in [1.165, 1.54) is 0 Å². The number of para-hydroxylation sites is 1. The molecule has 0 bridgehead atoms. The van der Waals surface area contributed by atoms with Crippen LogP contribution < -0.4 is 19.5 Å². The van der Waals surface area contributed by atoms with Gasteiger partial charge in [-0.3, -0.25) is 4.79 Å². The molecule has 1 N–H and O–H groups in total. The first-order valence-corrected chi connectivity index (χ1v) is 11.6. The van der Waals surface area contributed by atoms with E-state index in [1.807, 2.05) is 73.8 Å². The Labute approximate surface area is 205 Å². The largest absolute Gasteiger partial charge is 0.496 e. The first-order chi connectivity index (χ1) is 17.0. The van der Waals surface area contributed by atoms with Crippen LogP contribution >= 0.6 is 0 Å². The van der Waals surface area contributed by atoms with Crippen molar-refractivity contribution in [3.8, 4) is 17.2 Å². The lowest BCUT2D eigenvalue weighted by atomic mass is 9.91. The van der Waals surface area contributed by atoms with Gasteiger partial charge in [-0.1, -0.05) is 30.3 Å². The Kier molecular flexibility index (Phi) is 7.55. The number of fused-ring (bicyclic) bond motifs is 1. The molecule has 0 saturated heterocycles. The van der Waals surface area contributed by atoms with E-state index in [4.69, 9.17) is 14.2 Å². The lowest BCUT2D eigenvalue weighted by Crippen LogP contribution is -2.28. The Bertz CT molecular complexity index is 1310. The van der Waals surface area contributed by atoms with Gasteiger partial charge >= 0.3 is 0 Å². The van der Waals surface area contributed by atoms with Gasteiger partial charge in [0, 0.05) is 36.3 Å². The lowest BCUT2D eigenvalue weighted by molar-refractivity contribution is -0.121. The maximum absolute atomic E-state index is 13.1. The average molecular weight is 474 g/mol. The van der Waals surface area contributed by atoms with Crippen molar-refractivity contribution >= 4 is 11.6 Å². The molecule has 7 heteroatoms. The minimum atomic E-state index is -0.219. The van der Waals surface area contributed by atoms with Crippen molar-refractivity contribution in [2.75, 3.05) is 27.9 Å². The molecule has 0 spiro atoms. The smallest absolute Gasteiger partial charge is 0.221 e. The van der Waals surface area contributed by atoms with E-state index in [9.17, 15) is 4.79 Å². The monoisotopic (exact) mass is 473 g/mol. The number of hydrogen-bond acceptors (Lipinski definition) is 5. The molecule has 2 aromatic heterocycles. The van der Waals surface area contributed by atoms with Crippen LogP contribution in [0.15, 0.2) is 66.9 Å². The van der Waals surface area contributed by atoms with Crippen molar-refractivity contribution in [2.45, 2.75) is 25.7 Å². The number of rotatable bonds is 10. The molecule has 1 atom stereocenters. The van der Waals surface area contributed by atoms with E-state index >= 15 is 0 Å². The predicted molar refractivity (Wildman–Crippen MR) is 136 cm³/mol. The van der Waals surface area contributed by atoms with Crippen LogP contribution in [0.5, 0.6) is 17.2 Å². The van der Waals surface area contributed by atoms with E-state index in [2.05, 4.69) is 14.7 Å². The molecule has 1 amide bonds. The van der Waals surface area contributed by atoms with Gasteiger partial charge < -0.3 is 23.9 Å². The Morgan fingerprint density at radius 2 is 1.71 bits per heavy atom. The van der Waals surface area contributed by atoms with Gasteiger partial charge in [0.25, 0.3) is 0 Å². The Balaban J connectivity index is 1.54. The second-order valence-electron chi connectivity index (χ2n) is 8.33. The molecule has 0 aliphatic carbocycles. The van der Waals surface area contributed by atoms with Crippen molar-refractivity contribution < 1.29 is 19.0 Å². The van der Waals surface area contributed by atoms with Gasteiger partial charge in [0.05, 0.1) is 27.0 Å². The molecule has 0 aliphatic rings. The number of aryl methyl sites for hydroxylation is 1. The third-order valence-corrected chi connectivity index (χ3v) is 6.20. The number of pyridine rings is 1. The van der Waals surface area contributed by atoms with Gasteiger partial charge in [0.1, 0.15) is 11.4 Å². The first kappa shape index (κ1) is 24.1. The summed E-state index contributed by atoms with van der Waals surface area (Å²) >= 11 is 0. The number of hydrogen-bond donors (Lipinski definition) is 1. The van der Waals surface area contributed by atoms with E-state index in [0.29, 0.717) is 24.5 Å². The zero-order chi connectivity index (χ0) is 24.8. The molecule has 4 rings (SSSR count). The highest BCUT2D eigenvalue weighted by Crippen LogP contribution is 2.35. The second-order valence-corrected chi connectivity index (χ2v) is 8.33. The lowest BCUT2D eigenvalue weighted by Gasteiger charge is -2.20. The van der Waals surface area contributed by atoms with Gasteiger partial charge in [0.15, 0.2) is 11.5 Å². The average Bonchev–Trinajstić information content (AvgIpc) is 3.32. The third-order valence-electron chi connectivity index (χ3n) is 6.20. The molecular formula is C28H31N3O4. The van der Waals surface area contributed by atoms with Crippen molar-refractivity contribution in [1.82, 2.24) is 14.7 Å². The number of amides is 1. The van der Waals surface area contributed by atoms with Crippen LogP contribution in [0.25, 0.3) is 5.65 Å². The third kappa shape index (κ3) is 5.24. The van der Waals surface area contributed by atoms with E-state index < -0.39 is 0 Å². The molecule has 2 heterocycles. The summed E-state index contributed by atoms with van der Waals surface area (Å²) in [5.74, 6) is 1.85. The Morgan fingerprint density at radius 3 is 2.49 bits per heavy atom. The van der Waals surface area contributed by atoms with E-state index in [0.717, 1.165) is 33.9 Å². The highest BCUT2D eigenvalue weighted by atomic mass is 16.5. The highest BCUT2D eigenvalue weighted by Gasteiger charge is 2.25. The molecule has 182 valence electrons. The normalized spacial score (nSPS) is 11.8. The molecule has 0 saturated carbocycles. The summed E-state index contributed by atoms with van der Waals surface area (Å²) in [6, 6.07) is 19.6. The minimum Gasteiger partial charge on any atom is -0.496 e. The van der Waals surface area contributed by atoms with Crippen LogP contribution in [0.3, 0.4) is 0 Å². The van der Waals surface area contributed by atoms with Crippen molar-refractivity contribution in [1.29, 1.82) is 0 Å². The maximum Gasteiger partial charge on any atom is 0.221 e. The minimum absolute atomic E-state index is 0.0371. The molecule has 2 aromatic carbocycles. The fraction of sp³-hybridized carbons (Fsp3) is 0.286. The van der Waals surface area contributed by atoms with Crippen LogP contribution in [-0.2, 0) is 11.2 Å². The van der Waals surface area contributed by atoms with Gasteiger partial charge in [-0.25, -0.2) is 4.98 Å². The molecule has 35 heavy (non-hydrogen) atoms. The van der Waals surface area contributed by atoms with Crippen LogP contribution in [0, 0.1) is 6.92 Å². The number of carbonyl (C=O) groups excluding carboxylic acids is 1. The zero-order valence-corrected chi connectivity index (χ0v) is 20.6. The van der Waals surface area contributed by atoms with Gasteiger partial charge in [-0.2, -0.15) is 0 Å². The first-order valence-electron chi connectivity index (χ1n) is 11.6. The quantitative estimate of drug-likeness (QED) is 0.366. The Morgan fingerprint density at radius 1 is 0.943 bits per heavy atom. The van der Waals surface area contributed by atoms with Crippen molar-refractivity contribution in [3.05, 3.63) is 89.4 Å². The molecule has 0 fully saturated rings. The molecule has 0 aliphatic heterocycles. The Hall–Kier alpha value is -4.00. The number of ether oxygens (including phenoxy) is 3. The number of aromatic nitrogens is 2. The summed E-state index contributed by atoms with van der Waals surface area (Å²) in [6.07, 6.45) is 2.81. The van der Waals surface area contributed by atoms with Crippen molar-refractivity contribution in [3.63, 3.8) is 0 Å². The van der Waals surface area contributed by atoms with E-state index in [-0.39, 0.29) is 18.2 Å². The molecule has 7 nitrogen and oxygen atoms in total. The highest BCUT2D eigenvalue weighted by molar-refractivity contribution is 5.77. The predicted octanol–water partition coefficient (Wildman–Crippen LogP) is 4.55. The second kappa shape index (κ2) is 11.0. The zero-order valence-electron chi connectivity index (χ0n) is 20.6. The number of nitrogens with zero attached hydrogens (tertiary/aromatic N) is 2. The summed E-state index contributed by atoms with van der Waals surface area (Å²) in [5.41, 5.74) is 4.88. The number of benzene rings is 2. The SMILES string of the molecule is COc1ccc(CCNC(=O)CC(c2ccccc2OC)c2cnc3cccc(C)n23)cc1OC. The summed E-state index contributed by atoms with van der Waals surface area (Å²) in [6.45, 7) is 2.56. The molecule has 0 radical (unpaired) electrons. The molecular weight excluding hydrogens is 442 g/mol. The molecule has 1 unspecified atom stereocenters. The summed E-state index contributed by atoms with van der Waals surface area (Å²) in [4.78, 5) is 17.7. The maximum atomic E-state index is 13.1. The topological polar surface area (TPSA) is 74.1 Å². The van der Waals surface area contributed by atoms with Crippen LogP contribution in [0.1, 0.15) is 34.9 Å². The van der Waals surface area contributed by atoms with Gasteiger partial charge in [0.2, 0.25) is 5.91 Å². The van der Waals surface area contributed by atoms with Crippen molar-refractivity contribution in [2.24, 2.45) is 0 Å². The summed E-state index contributed by atoms with van der Waals surface area (Å²) < 4.78 is 18.4. The fourth-order valence-corrected chi connectivity index (χ4v) is 4.44. The summed E-state index contributed by atoms with van der Waals surface area (Å²) in [5, 5.41) is 3.08. The van der Waals surface area contributed by atoms with Crippen LogP contribution in [0.2, 0.25) is 0 Å². The van der Waals surface area contributed by atoms with Crippen LogP contribution in [-0.4, -0.2) is 43.2 Å².